The summed E-state index contributed by atoms with van der Waals surface area (Å²) in [6.07, 6.45) is 3.24. The molecule has 3 amide bonds. The largest absolute Gasteiger partial charge is 0.485 e. The van der Waals surface area contributed by atoms with Gasteiger partial charge in [0.2, 0.25) is 0 Å². The van der Waals surface area contributed by atoms with E-state index in [4.69, 9.17) is 4.74 Å². The number of benzene rings is 1. The lowest BCUT2D eigenvalue weighted by Gasteiger charge is -2.35. The maximum atomic E-state index is 12.9. The van der Waals surface area contributed by atoms with Gasteiger partial charge in [-0.05, 0) is 61.0 Å². The van der Waals surface area contributed by atoms with Gasteiger partial charge in [0.15, 0.2) is 11.6 Å². The second-order valence-electron chi connectivity index (χ2n) is 11.2. The normalized spacial score (nSPS) is 16.0. The molecule has 5 rings (SSSR count). The molecule has 0 saturated carbocycles. The molecule has 2 saturated heterocycles. The highest BCUT2D eigenvalue weighted by molar-refractivity contribution is 5.89. The van der Waals surface area contributed by atoms with Crippen LogP contribution in [0.4, 0.5) is 26.9 Å². The molecule has 0 spiro atoms. The first-order valence-electron chi connectivity index (χ1n) is 15.2. The fourth-order valence-electron chi connectivity index (χ4n) is 5.41. The molecule has 2 aliphatic heterocycles. The van der Waals surface area contributed by atoms with E-state index in [9.17, 15) is 14.7 Å². The van der Waals surface area contributed by atoms with Gasteiger partial charge in [0.1, 0.15) is 12.4 Å². The number of amides is 3. The van der Waals surface area contributed by atoms with Gasteiger partial charge in [-0.15, -0.1) is 0 Å². The number of nitrogens with one attached hydrogen (secondary N) is 1. The highest BCUT2D eigenvalue weighted by Crippen LogP contribution is 2.28. The molecule has 0 atom stereocenters. The van der Waals surface area contributed by atoms with Crippen LogP contribution in [-0.4, -0.2) is 114 Å². The predicted octanol–water partition coefficient (Wildman–Crippen LogP) is 3.70. The molecule has 12 heteroatoms. The SMILES string of the molecule is CCc1cccc(NC(=O)N2CCN(c3ncccc3OCc3ccnc(N(CCN4CCN(C)CC4)C(=O)O)c3)CC2)c1. The Kier molecular flexibility index (Phi) is 10.5. The fraction of sp³-hybridized carbons (Fsp3) is 0.438. The molecule has 4 heterocycles. The van der Waals surface area contributed by atoms with E-state index in [1.165, 1.54) is 10.5 Å². The van der Waals surface area contributed by atoms with Crippen LogP contribution in [0, 0.1) is 0 Å². The van der Waals surface area contributed by atoms with E-state index in [0.29, 0.717) is 50.8 Å². The number of urea groups is 1. The minimum atomic E-state index is -1.03. The van der Waals surface area contributed by atoms with Gasteiger partial charge in [0.25, 0.3) is 0 Å². The van der Waals surface area contributed by atoms with Crippen molar-refractivity contribution in [3.8, 4) is 5.75 Å². The zero-order valence-electron chi connectivity index (χ0n) is 25.6. The maximum absolute atomic E-state index is 12.9. The fourth-order valence-corrected chi connectivity index (χ4v) is 5.41. The summed E-state index contributed by atoms with van der Waals surface area (Å²) in [5.74, 6) is 1.73. The number of ether oxygens (including phenoxy) is 1. The lowest BCUT2D eigenvalue weighted by molar-refractivity contribution is 0.155. The van der Waals surface area contributed by atoms with Crippen molar-refractivity contribution in [3.63, 3.8) is 0 Å². The first-order chi connectivity index (χ1) is 21.4. The third kappa shape index (κ3) is 8.14. The number of piperazine rings is 2. The summed E-state index contributed by atoms with van der Waals surface area (Å²) in [6, 6.07) is 15.1. The number of hydrogen-bond donors (Lipinski definition) is 2. The molecular formula is C32H42N8O4. The number of pyridine rings is 2. The molecule has 44 heavy (non-hydrogen) atoms. The molecule has 0 unspecified atom stereocenters. The van der Waals surface area contributed by atoms with Gasteiger partial charge in [-0.3, -0.25) is 9.80 Å². The van der Waals surface area contributed by atoms with Crippen LogP contribution >= 0.6 is 0 Å². The molecule has 0 bridgehead atoms. The second kappa shape index (κ2) is 14.8. The third-order valence-corrected chi connectivity index (χ3v) is 8.15. The van der Waals surface area contributed by atoms with E-state index >= 15 is 0 Å². The van der Waals surface area contributed by atoms with Crippen LogP contribution in [0.3, 0.4) is 0 Å². The van der Waals surface area contributed by atoms with Crippen molar-refractivity contribution in [2.24, 2.45) is 0 Å². The molecule has 12 nitrogen and oxygen atoms in total. The molecule has 2 fully saturated rings. The first kappa shape index (κ1) is 31.0. The number of hydrogen-bond acceptors (Lipinski definition) is 8. The Morgan fingerprint density at radius 1 is 0.932 bits per heavy atom. The van der Waals surface area contributed by atoms with Crippen LogP contribution in [0.15, 0.2) is 60.9 Å². The zero-order valence-corrected chi connectivity index (χ0v) is 25.6. The minimum absolute atomic E-state index is 0.108. The van der Waals surface area contributed by atoms with Crippen molar-refractivity contribution in [1.82, 2.24) is 24.7 Å². The first-order valence-corrected chi connectivity index (χ1v) is 15.2. The summed E-state index contributed by atoms with van der Waals surface area (Å²) in [7, 11) is 2.10. The van der Waals surface area contributed by atoms with Gasteiger partial charge in [0, 0.05) is 83.5 Å². The maximum Gasteiger partial charge on any atom is 0.413 e. The number of anilines is 3. The Balaban J connectivity index is 1.16. The predicted molar refractivity (Wildman–Crippen MR) is 171 cm³/mol. The van der Waals surface area contributed by atoms with Gasteiger partial charge < -0.3 is 29.9 Å². The average molecular weight is 603 g/mol. The van der Waals surface area contributed by atoms with Crippen molar-refractivity contribution in [1.29, 1.82) is 0 Å². The van der Waals surface area contributed by atoms with Gasteiger partial charge in [-0.1, -0.05) is 19.1 Å². The lowest BCUT2D eigenvalue weighted by atomic mass is 10.1. The van der Waals surface area contributed by atoms with Crippen LogP contribution in [0.5, 0.6) is 5.75 Å². The molecule has 1 aromatic carbocycles. The number of nitrogens with zero attached hydrogens (tertiary/aromatic N) is 7. The van der Waals surface area contributed by atoms with E-state index in [1.54, 1.807) is 18.5 Å². The van der Waals surface area contributed by atoms with Gasteiger partial charge >= 0.3 is 12.1 Å². The summed E-state index contributed by atoms with van der Waals surface area (Å²) in [6.45, 7) is 9.49. The Morgan fingerprint density at radius 3 is 2.48 bits per heavy atom. The summed E-state index contributed by atoms with van der Waals surface area (Å²) in [4.78, 5) is 43.7. The van der Waals surface area contributed by atoms with Crippen LogP contribution < -0.4 is 19.9 Å². The minimum Gasteiger partial charge on any atom is -0.485 e. The number of carbonyl (C=O) groups excluding carboxylic acids is 1. The average Bonchev–Trinajstić information content (AvgIpc) is 3.05. The zero-order chi connectivity index (χ0) is 30.9. The third-order valence-electron chi connectivity index (χ3n) is 8.15. The Morgan fingerprint density at radius 2 is 1.73 bits per heavy atom. The highest BCUT2D eigenvalue weighted by atomic mass is 16.5. The highest BCUT2D eigenvalue weighted by Gasteiger charge is 2.24. The lowest BCUT2D eigenvalue weighted by Crippen LogP contribution is -2.50. The van der Waals surface area contributed by atoms with E-state index in [-0.39, 0.29) is 12.6 Å². The monoisotopic (exact) mass is 602 g/mol. The molecular weight excluding hydrogens is 560 g/mol. The van der Waals surface area contributed by atoms with Gasteiger partial charge in [-0.2, -0.15) is 0 Å². The van der Waals surface area contributed by atoms with Crippen molar-refractivity contribution in [2.45, 2.75) is 20.0 Å². The molecule has 2 aliphatic rings. The summed E-state index contributed by atoms with van der Waals surface area (Å²) >= 11 is 0. The van der Waals surface area contributed by atoms with Crippen molar-refractivity contribution in [2.75, 3.05) is 87.6 Å². The van der Waals surface area contributed by atoms with E-state index in [0.717, 1.165) is 49.7 Å². The van der Waals surface area contributed by atoms with Crippen molar-refractivity contribution in [3.05, 3.63) is 72.1 Å². The molecule has 234 valence electrons. The summed E-state index contributed by atoms with van der Waals surface area (Å²) in [5.41, 5.74) is 2.79. The van der Waals surface area contributed by atoms with E-state index in [2.05, 4.69) is 50.0 Å². The quantitative estimate of drug-likeness (QED) is 0.358. The second-order valence-corrected chi connectivity index (χ2v) is 11.2. The topological polar surface area (TPSA) is 118 Å². The number of aryl methyl sites for hydroxylation is 1. The Labute approximate surface area is 258 Å². The van der Waals surface area contributed by atoms with Gasteiger partial charge in [0.05, 0.1) is 0 Å². The number of likely N-dealkylation sites (N-methyl/N-ethyl adjacent to an activating group) is 1. The number of carbonyl (C=O) groups is 2. The van der Waals surface area contributed by atoms with E-state index in [1.807, 2.05) is 41.3 Å². The Bertz CT molecular complexity index is 1410. The molecule has 0 radical (unpaired) electrons. The van der Waals surface area contributed by atoms with Crippen LogP contribution in [0.1, 0.15) is 18.1 Å². The number of rotatable bonds is 10. The van der Waals surface area contributed by atoms with Crippen LogP contribution in [-0.2, 0) is 13.0 Å². The number of carboxylic acid groups (broad SMARTS) is 1. The standard InChI is InChI=1S/C32H42N8O4/c1-3-25-6-4-7-27(22-25)35-31(41)39-19-17-38(18-20-39)30-28(8-5-10-34-30)44-24-26-9-11-33-29(23-26)40(32(42)43)21-16-37-14-12-36(2)13-15-37/h4-11,22-23H,3,12-21,24H2,1-2H3,(H,35,41)(H,42,43). The Hall–Kier alpha value is -4.42. The molecule has 2 aromatic heterocycles. The molecule has 3 aromatic rings. The van der Waals surface area contributed by atoms with Crippen LogP contribution in [0.25, 0.3) is 0 Å². The summed E-state index contributed by atoms with van der Waals surface area (Å²) in [5, 5.41) is 12.9. The smallest absolute Gasteiger partial charge is 0.413 e. The van der Waals surface area contributed by atoms with Crippen molar-refractivity contribution >= 4 is 29.4 Å². The molecule has 0 aliphatic carbocycles. The van der Waals surface area contributed by atoms with Gasteiger partial charge in [-0.25, -0.2) is 19.6 Å². The number of aromatic nitrogens is 2. The van der Waals surface area contributed by atoms with Crippen molar-refractivity contribution < 1.29 is 19.4 Å². The van der Waals surface area contributed by atoms with E-state index < -0.39 is 6.09 Å². The molecule has 2 N–H and O–H groups in total. The summed E-state index contributed by atoms with van der Waals surface area (Å²) < 4.78 is 6.21. The van der Waals surface area contributed by atoms with Crippen LogP contribution in [0.2, 0.25) is 0 Å².